The lowest BCUT2D eigenvalue weighted by molar-refractivity contribution is -0.140. The Labute approximate surface area is 266 Å². The van der Waals surface area contributed by atoms with Crippen LogP contribution >= 0.6 is 0 Å². The molecule has 0 saturated carbocycles. The highest BCUT2D eigenvalue weighted by Crippen LogP contribution is 2.24. The molecule has 4 rings (SSSR count). The van der Waals surface area contributed by atoms with E-state index in [4.69, 9.17) is 4.74 Å². The SMILES string of the molecule is CC(C)CNC(=O)C(Cc1ccccc1)N(Cc1ccccc1)C(=O)CN(c1ccc(OCc2ccccc2)cc1)S(C)(=O)=O. The highest BCUT2D eigenvalue weighted by molar-refractivity contribution is 7.92. The van der Waals surface area contributed by atoms with Gasteiger partial charge in [0.15, 0.2) is 0 Å². The number of hydrogen-bond acceptors (Lipinski definition) is 5. The second kappa shape index (κ2) is 15.9. The molecule has 1 N–H and O–H groups in total. The molecule has 1 unspecified atom stereocenters. The van der Waals surface area contributed by atoms with E-state index in [1.165, 1.54) is 4.90 Å². The van der Waals surface area contributed by atoms with Crippen LogP contribution in [0.2, 0.25) is 0 Å². The number of anilines is 1. The van der Waals surface area contributed by atoms with Crippen molar-refractivity contribution in [3.05, 3.63) is 132 Å². The normalized spacial score (nSPS) is 11.9. The van der Waals surface area contributed by atoms with Gasteiger partial charge in [-0.1, -0.05) is 105 Å². The van der Waals surface area contributed by atoms with Crippen LogP contribution in [0.5, 0.6) is 5.75 Å². The smallest absolute Gasteiger partial charge is 0.244 e. The summed E-state index contributed by atoms with van der Waals surface area (Å²) >= 11 is 0. The molecule has 0 fully saturated rings. The number of carbonyl (C=O) groups excluding carboxylic acids is 2. The summed E-state index contributed by atoms with van der Waals surface area (Å²) < 4.78 is 33.1. The fraction of sp³-hybridized carbons (Fsp3) is 0.278. The number of amides is 2. The van der Waals surface area contributed by atoms with E-state index in [0.717, 1.165) is 27.3 Å². The second-order valence-corrected chi connectivity index (χ2v) is 13.3. The number of hydrogen-bond donors (Lipinski definition) is 1. The standard InChI is InChI=1S/C36H41N3O5S/c1-28(2)24-37-36(41)34(23-29-13-7-4-8-14-29)38(25-30-15-9-5-10-16-30)35(40)26-39(45(3,42)43)32-19-21-33(22-20-32)44-27-31-17-11-6-12-18-31/h4-22,28,34H,23-27H2,1-3H3,(H,37,41). The summed E-state index contributed by atoms with van der Waals surface area (Å²) in [4.78, 5) is 29.4. The van der Waals surface area contributed by atoms with Crippen molar-refractivity contribution in [1.29, 1.82) is 0 Å². The van der Waals surface area contributed by atoms with Crippen LogP contribution in [0.1, 0.15) is 30.5 Å². The Bertz CT molecular complexity index is 1610. The molecule has 0 radical (unpaired) electrons. The van der Waals surface area contributed by atoms with Gasteiger partial charge < -0.3 is 15.0 Å². The predicted octanol–water partition coefficient (Wildman–Crippen LogP) is 5.44. The molecule has 45 heavy (non-hydrogen) atoms. The van der Waals surface area contributed by atoms with Gasteiger partial charge in [0, 0.05) is 19.5 Å². The molecule has 0 aromatic heterocycles. The van der Waals surface area contributed by atoms with Crippen LogP contribution < -0.4 is 14.4 Å². The second-order valence-electron chi connectivity index (χ2n) is 11.4. The van der Waals surface area contributed by atoms with Gasteiger partial charge in [-0.15, -0.1) is 0 Å². The summed E-state index contributed by atoms with van der Waals surface area (Å²) in [6, 6.07) is 34.3. The Hall–Kier alpha value is -4.63. The van der Waals surface area contributed by atoms with Crippen molar-refractivity contribution in [1.82, 2.24) is 10.2 Å². The van der Waals surface area contributed by atoms with Gasteiger partial charge in [0.05, 0.1) is 11.9 Å². The number of nitrogens with zero attached hydrogens (tertiary/aromatic N) is 2. The zero-order valence-electron chi connectivity index (χ0n) is 26.0. The molecule has 4 aromatic carbocycles. The van der Waals surface area contributed by atoms with Crippen LogP contribution in [0.4, 0.5) is 5.69 Å². The Morgan fingerprint density at radius 3 is 1.82 bits per heavy atom. The third kappa shape index (κ3) is 10.2. The van der Waals surface area contributed by atoms with Gasteiger partial charge in [0.25, 0.3) is 0 Å². The Kier molecular flexibility index (Phi) is 11.8. The number of nitrogens with one attached hydrogen (secondary N) is 1. The summed E-state index contributed by atoms with van der Waals surface area (Å²) in [6.07, 6.45) is 1.34. The molecule has 0 bridgehead atoms. The zero-order chi connectivity index (χ0) is 32.2. The van der Waals surface area contributed by atoms with Crippen molar-refractivity contribution in [3.63, 3.8) is 0 Å². The van der Waals surface area contributed by atoms with Gasteiger partial charge in [-0.05, 0) is 46.9 Å². The average Bonchev–Trinajstić information content (AvgIpc) is 3.04. The fourth-order valence-electron chi connectivity index (χ4n) is 4.82. The minimum absolute atomic E-state index is 0.135. The van der Waals surface area contributed by atoms with Gasteiger partial charge >= 0.3 is 0 Å². The quantitative estimate of drug-likeness (QED) is 0.189. The number of sulfonamides is 1. The molecule has 0 aliphatic rings. The molecule has 0 spiro atoms. The third-order valence-electron chi connectivity index (χ3n) is 7.20. The van der Waals surface area contributed by atoms with E-state index in [0.29, 0.717) is 24.6 Å². The van der Waals surface area contributed by atoms with E-state index in [9.17, 15) is 18.0 Å². The maximum atomic E-state index is 14.2. The number of benzene rings is 4. The number of carbonyl (C=O) groups is 2. The van der Waals surface area contributed by atoms with Crippen LogP contribution in [0.15, 0.2) is 115 Å². The van der Waals surface area contributed by atoms with Crippen LogP contribution in [-0.2, 0) is 39.2 Å². The molecule has 236 valence electrons. The van der Waals surface area contributed by atoms with Gasteiger partial charge in [-0.25, -0.2) is 8.42 Å². The van der Waals surface area contributed by atoms with Crippen LogP contribution in [0.25, 0.3) is 0 Å². The summed E-state index contributed by atoms with van der Waals surface area (Å²) in [5, 5.41) is 2.99. The summed E-state index contributed by atoms with van der Waals surface area (Å²) in [6.45, 7) is 4.48. The molecular formula is C36H41N3O5S. The average molecular weight is 628 g/mol. The highest BCUT2D eigenvalue weighted by atomic mass is 32.2. The minimum atomic E-state index is -3.87. The van der Waals surface area contributed by atoms with Crippen molar-refractivity contribution in [2.75, 3.05) is 23.7 Å². The maximum Gasteiger partial charge on any atom is 0.244 e. The molecule has 8 nitrogen and oxygen atoms in total. The third-order valence-corrected chi connectivity index (χ3v) is 8.34. The summed E-state index contributed by atoms with van der Waals surface area (Å²) in [5.74, 6) is -0.000212. The molecule has 0 saturated heterocycles. The van der Waals surface area contributed by atoms with Crippen LogP contribution in [-0.4, -0.2) is 50.5 Å². The van der Waals surface area contributed by atoms with Gasteiger partial charge in [0.2, 0.25) is 21.8 Å². The molecular weight excluding hydrogens is 586 g/mol. The Morgan fingerprint density at radius 2 is 1.29 bits per heavy atom. The summed E-state index contributed by atoms with van der Waals surface area (Å²) in [7, 11) is -3.87. The Morgan fingerprint density at radius 1 is 0.756 bits per heavy atom. The lowest BCUT2D eigenvalue weighted by atomic mass is 10.0. The van der Waals surface area contributed by atoms with E-state index < -0.39 is 28.5 Å². The van der Waals surface area contributed by atoms with E-state index in [-0.39, 0.29) is 24.8 Å². The van der Waals surface area contributed by atoms with Crippen molar-refractivity contribution in [2.45, 2.75) is 39.5 Å². The highest BCUT2D eigenvalue weighted by Gasteiger charge is 2.33. The first-order valence-electron chi connectivity index (χ1n) is 15.0. The predicted molar refractivity (Wildman–Crippen MR) is 178 cm³/mol. The molecule has 2 amide bonds. The van der Waals surface area contributed by atoms with Gasteiger partial charge in [-0.2, -0.15) is 0 Å². The molecule has 0 aliphatic heterocycles. The zero-order valence-corrected chi connectivity index (χ0v) is 26.8. The van der Waals surface area contributed by atoms with Crippen molar-refractivity contribution >= 4 is 27.5 Å². The lowest BCUT2D eigenvalue weighted by Gasteiger charge is -2.33. The van der Waals surface area contributed by atoms with E-state index in [1.807, 2.05) is 105 Å². The molecule has 1 atom stereocenters. The van der Waals surface area contributed by atoms with Crippen LogP contribution in [0.3, 0.4) is 0 Å². The first-order valence-corrected chi connectivity index (χ1v) is 16.8. The number of rotatable bonds is 15. The molecule has 4 aromatic rings. The molecule has 9 heteroatoms. The lowest BCUT2D eigenvalue weighted by Crippen LogP contribution is -2.53. The number of ether oxygens (including phenoxy) is 1. The van der Waals surface area contributed by atoms with E-state index in [2.05, 4.69) is 5.32 Å². The van der Waals surface area contributed by atoms with Crippen molar-refractivity contribution in [2.24, 2.45) is 5.92 Å². The van der Waals surface area contributed by atoms with Gasteiger partial charge in [-0.3, -0.25) is 13.9 Å². The largest absolute Gasteiger partial charge is 0.489 e. The Balaban J connectivity index is 1.62. The van der Waals surface area contributed by atoms with Crippen molar-refractivity contribution < 1.29 is 22.7 Å². The van der Waals surface area contributed by atoms with Crippen LogP contribution in [0, 0.1) is 5.92 Å². The topological polar surface area (TPSA) is 96.0 Å². The van der Waals surface area contributed by atoms with Crippen molar-refractivity contribution in [3.8, 4) is 5.75 Å². The van der Waals surface area contributed by atoms with E-state index in [1.54, 1.807) is 24.3 Å². The monoisotopic (exact) mass is 627 g/mol. The first kappa shape index (κ1) is 33.3. The van der Waals surface area contributed by atoms with E-state index >= 15 is 0 Å². The van der Waals surface area contributed by atoms with Gasteiger partial charge in [0.1, 0.15) is 24.9 Å². The molecule has 0 aliphatic carbocycles. The summed E-state index contributed by atoms with van der Waals surface area (Å²) in [5.41, 5.74) is 3.04. The molecule has 0 heterocycles. The minimum Gasteiger partial charge on any atom is -0.489 e. The maximum absolute atomic E-state index is 14.2. The fourth-order valence-corrected chi connectivity index (χ4v) is 5.67. The first-order chi connectivity index (χ1) is 21.6.